The van der Waals surface area contributed by atoms with Crippen LogP contribution in [0, 0.1) is 6.92 Å². The molecule has 2 rings (SSSR count). The first-order valence-corrected chi connectivity index (χ1v) is 7.05. The number of hydrogen-bond acceptors (Lipinski definition) is 2. The second kappa shape index (κ2) is 5.52. The van der Waals surface area contributed by atoms with Gasteiger partial charge in [-0.25, -0.2) is 0 Å². The number of anilines is 1. The van der Waals surface area contributed by atoms with Crippen molar-refractivity contribution in [1.82, 2.24) is 0 Å². The van der Waals surface area contributed by atoms with Gasteiger partial charge in [0.1, 0.15) is 0 Å². The van der Waals surface area contributed by atoms with Crippen LogP contribution in [0.25, 0.3) is 0 Å². The first-order chi connectivity index (χ1) is 7.66. The minimum Gasteiger partial charge on any atom is -0.379 e. The number of halogens is 2. The molecule has 1 N–H and O–H groups in total. The van der Waals surface area contributed by atoms with Gasteiger partial charge in [-0.1, -0.05) is 0 Å². The highest BCUT2D eigenvalue weighted by Gasteiger charge is 2.16. The summed E-state index contributed by atoms with van der Waals surface area (Å²) in [5.74, 6) is 0. The largest absolute Gasteiger partial charge is 0.379 e. The van der Waals surface area contributed by atoms with Gasteiger partial charge in [0, 0.05) is 21.6 Å². The highest BCUT2D eigenvalue weighted by molar-refractivity contribution is 9.11. The van der Waals surface area contributed by atoms with Gasteiger partial charge in [0.2, 0.25) is 0 Å². The van der Waals surface area contributed by atoms with Crippen molar-refractivity contribution in [3.8, 4) is 0 Å². The van der Waals surface area contributed by atoms with E-state index in [1.165, 1.54) is 12.0 Å². The van der Waals surface area contributed by atoms with Crippen molar-refractivity contribution < 1.29 is 4.74 Å². The van der Waals surface area contributed by atoms with E-state index >= 15 is 0 Å². The van der Waals surface area contributed by atoms with Gasteiger partial charge in [-0.05, 0) is 69.3 Å². The maximum atomic E-state index is 5.46. The maximum Gasteiger partial charge on any atom is 0.0667 e. The van der Waals surface area contributed by atoms with E-state index in [0.717, 1.165) is 34.3 Å². The third-order valence-electron chi connectivity index (χ3n) is 2.70. The van der Waals surface area contributed by atoms with Crippen LogP contribution in [0.4, 0.5) is 5.69 Å². The van der Waals surface area contributed by atoms with E-state index in [1.807, 2.05) is 0 Å². The number of rotatable bonds is 2. The van der Waals surface area contributed by atoms with Crippen LogP contribution in [-0.4, -0.2) is 19.3 Å². The van der Waals surface area contributed by atoms with Gasteiger partial charge in [-0.15, -0.1) is 0 Å². The summed E-state index contributed by atoms with van der Waals surface area (Å²) in [5.41, 5.74) is 2.37. The van der Waals surface area contributed by atoms with Gasteiger partial charge in [0.05, 0.1) is 12.3 Å². The molecule has 1 saturated heterocycles. The van der Waals surface area contributed by atoms with E-state index in [2.05, 4.69) is 56.2 Å². The van der Waals surface area contributed by atoms with Crippen LogP contribution < -0.4 is 5.32 Å². The molecule has 88 valence electrons. The quantitative estimate of drug-likeness (QED) is 0.868. The average molecular weight is 349 g/mol. The lowest BCUT2D eigenvalue weighted by Gasteiger charge is -2.25. The molecule has 0 bridgehead atoms. The topological polar surface area (TPSA) is 21.3 Å². The van der Waals surface area contributed by atoms with Crippen molar-refractivity contribution in [1.29, 1.82) is 0 Å². The standard InChI is InChI=1S/C12H15Br2NO/c1-8-5-10(13)12(11(14)6-8)15-9-3-2-4-16-7-9/h5-6,9,15H,2-4,7H2,1H3. The molecule has 1 aromatic carbocycles. The van der Waals surface area contributed by atoms with E-state index < -0.39 is 0 Å². The number of aryl methyl sites for hydroxylation is 1. The molecule has 1 aromatic rings. The second-order valence-corrected chi connectivity index (χ2v) is 5.87. The van der Waals surface area contributed by atoms with Crippen molar-refractivity contribution in [2.75, 3.05) is 18.5 Å². The fourth-order valence-electron chi connectivity index (χ4n) is 1.90. The molecule has 4 heteroatoms. The average Bonchev–Trinajstić information content (AvgIpc) is 2.25. The summed E-state index contributed by atoms with van der Waals surface area (Å²) >= 11 is 7.18. The van der Waals surface area contributed by atoms with Crippen LogP contribution in [0.1, 0.15) is 18.4 Å². The Morgan fingerprint density at radius 2 is 2.00 bits per heavy atom. The molecule has 1 fully saturated rings. The maximum absolute atomic E-state index is 5.46. The lowest BCUT2D eigenvalue weighted by atomic mass is 10.1. The molecule has 16 heavy (non-hydrogen) atoms. The zero-order valence-corrected chi connectivity index (χ0v) is 12.4. The molecular weight excluding hydrogens is 334 g/mol. The van der Waals surface area contributed by atoms with Gasteiger partial charge in [-0.3, -0.25) is 0 Å². The summed E-state index contributed by atoms with van der Waals surface area (Å²) < 4.78 is 7.67. The first kappa shape index (κ1) is 12.4. The molecule has 2 nitrogen and oxygen atoms in total. The molecule has 1 aliphatic heterocycles. The Labute approximate surface area is 113 Å². The third kappa shape index (κ3) is 2.99. The van der Waals surface area contributed by atoms with Crippen LogP contribution in [0.3, 0.4) is 0 Å². The van der Waals surface area contributed by atoms with E-state index in [1.54, 1.807) is 0 Å². The minimum absolute atomic E-state index is 0.420. The number of ether oxygens (including phenoxy) is 1. The van der Waals surface area contributed by atoms with Crippen molar-refractivity contribution in [2.45, 2.75) is 25.8 Å². The Bertz CT molecular complexity index is 352. The van der Waals surface area contributed by atoms with E-state index in [4.69, 9.17) is 4.74 Å². The van der Waals surface area contributed by atoms with Gasteiger partial charge < -0.3 is 10.1 Å². The number of nitrogens with one attached hydrogen (secondary N) is 1. The van der Waals surface area contributed by atoms with Gasteiger partial charge in [-0.2, -0.15) is 0 Å². The van der Waals surface area contributed by atoms with Gasteiger partial charge in [0.25, 0.3) is 0 Å². The highest BCUT2D eigenvalue weighted by Crippen LogP contribution is 2.33. The monoisotopic (exact) mass is 347 g/mol. The molecule has 0 aromatic heterocycles. The van der Waals surface area contributed by atoms with Crippen LogP contribution in [0.15, 0.2) is 21.1 Å². The smallest absolute Gasteiger partial charge is 0.0667 e. The fraction of sp³-hybridized carbons (Fsp3) is 0.500. The SMILES string of the molecule is Cc1cc(Br)c(NC2CCCOC2)c(Br)c1. The van der Waals surface area contributed by atoms with E-state index in [-0.39, 0.29) is 0 Å². The highest BCUT2D eigenvalue weighted by atomic mass is 79.9. The number of benzene rings is 1. The Hall–Kier alpha value is -0.0600. The fourth-order valence-corrected chi connectivity index (χ4v) is 3.54. The van der Waals surface area contributed by atoms with E-state index in [0.29, 0.717) is 6.04 Å². The van der Waals surface area contributed by atoms with Crippen molar-refractivity contribution >= 4 is 37.5 Å². The van der Waals surface area contributed by atoms with Gasteiger partial charge in [0.15, 0.2) is 0 Å². The minimum atomic E-state index is 0.420. The summed E-state index contributed by atoms with van der Waals surface area (Å²) in [6.45, 7) is 3.78. The van der Waals surface area contributed by atoms with Crippen molar-refractivity contribution in [3.63, 3.8) is 0 Å². The van der Waals surface area contributed by atoms with E-state index in [9.17, 15) is 0 Å². The summed E-state index contributed by atoms with van der Waals surface area (Å²) in [6.07, 6.45) is 2.31. The van der Waals surface area contributed by atoms with Crippen molar-refractivity contribution in [3.05, 3.63) is 26.6 Å². The summed E-state index contributed by atoms with van der Waals surface area (Å²) in [4.78, 5) is 0. The molecule has 1 aliphatic rings. The molecule has 1 unspecified atom stereocenters. The van der Waals surface area contributed by atoms with Crippen LogP contribution >= 0.6 is 31.9 Å². The summed E-state index contributed by atoms with van der Waals surface area (Å²) in [7, 11) is 0. The molecule has 0 aliphatic carbocycles. The zero-order chi connectivity index (χ0) is 11.5. The lowest BCUT2D eigenvalue weighted by Crippen LogP contribution is -2.30. The molecule has 0 amide bonds. The van der Waals surface area contributed by atoms with Crippen LogP contribution in [0.2, 0.25) is 0 Å². The normalized spacial score (nSPS) is 20.8. The Kier molecular flexibility index (Phi) is 4.27. The number of hydrogen-bond donors (Lipinski definition) is 1. The van der Waals surface area contributed by atoms with Crippen molar-refractivity contribution in [2.24, 2.45) is 0 Å². The molecule has 1 atom stereocenters. The predicted molar refractivity (Wildman–Crippen MR) is 74.0 cm³/mol. The van der Waals surface area contributed by atoms with Gasteiger partial charge >= 0.3 is 0 Å². The zero-order valence-electron chi connectivity index (χ0n) is 9.22. The second-order valence-electron chi connectivity index (χ2n) is 4.16. The molecule has 0 spiro atoms. The molecule has 1 heterocycles. The molecule has 0 radical (unpaired) electrons. The Balaban J connectivity index is 2.14. The molecule has 0 saturated carbocycles. The lowest BCUT2D eigenvalue weighted by molar-refractivity contribution is 0.0876. The molecular formula is C12H15Br2NO. The third-order valence-corrected chi connectivity index (χ3v) is 3.95. The predicted octanol–water partition coefficient (Wildman–Crippen LogP) is 4.11. The Morgan fingerprint density at radius 1 is 1.31 bits per heavy atom. The Morgan fingerprint density at radius 3 is 2.56 bits per heavy atom. The first-order valence-electron chi connectivity index (χ1n) is 5.47. The summed E-state index contributed by atoms with van der Waals surface area (Å²) in [5, 5.41) is 3.53. The van der Waals surface area contributed by atoms with Crippen LogP contribution in [-0.2, 0) is 4.74 Å². The van der Waals surface area contributed by atoms with Crippen LogP contribution in [0.5, 0.6) is 0 Å². The summed E-state index contributed by atoms with van der Waals surface area (Å²) in [6, 6.07) is 4.66.